The third kappa shape index (κ3) is 4.82. The molecule has 0 heterocycles. The predicted molar refractivity (Wildman–Crippen MR) is 111 cm³/mol. The van der Waals surface area contributed by atoms with Gasteiger partial charge in [-0.15, -0.1) is 0 Å². The summed E-state index contributed by atoms with van der Waals surface area (Å²) in [5.74, 6) is 0.297. The van der Waals surface area contributed by atoms with Gasteiger partial charge in [0.25, 0.3) is 9.46 Å². The van der Waals surface area contributed by atoms with Gasteiger partial charge in [-0.05, 0) is 37.3 Å². The van der Waals surface area contributed by atoms with E-state index in [1.165, 1.54) is 24.3 Å². The van der Waals surface area contributed by atoms with Crippen molar-refractivity contribution in [3.05, 3.63) is 89.5 Å². The monoisotopic (exact) mass is 430 g/mol. The summed E-state index contributed by atoms with van der Waals surface area (Å²) in [5, 5.41) is 9.54. The molecule has 0 radical (unpaired) electrons. The maximum absolute atomic E-state index is 13.3. The molecule has 29 heavy (non-hydrogen) atoms. The Labute approximate surface area is 170 Å². The van der Waals surface area contributed by atoms with Gasteiger partial charge < -0.3 is 14.2 Å². The molecule has 0 bridgehead atoms. The Balaban J connectivity index is 2.05. The summed E-state index contributed by atoms with van der Waals surface area (Å²) in [5.41, 5.74) is 1.54. The Bertz CT molecular complexity index is 1100. The van der Waals surface area contributed by atoms with Crippen LogP contribution in [0.15, 0.2) is 77.7 Å². The fourth-order valence-corrected chi connectivity index (χ4v) is 5.96. The lowest BCUT2D eigenvalue weighted by Gasteiger charge is -2.20. The Hall–Kier alpha value is -2.73. The number of para-hydroxylation sites is 2. The highest BCUT2D eigenvalue weighted by atomic mass is 32.8. The number of hydrogen-bond acceptors (Lipinski definition) is 6. The molecule has 0 amide bonds. The smallest absolute Gasteiger partial charge is 0.426 e. The van der Waals surface area contributed by atoms with Crippen molar-refractivity contribution in [2.45, 2.75) is 18.4 Å². The summed E-state index contributed by atoms with van der Waals surface area (Å²) < 4.78 is 38.1. The van der Waals surface area contributed by atoms with E-state index >= 15 is 0 Å². The fraction of sp³-hybridized carbons (Fsp3) is 0.0952. The summed E-state index contributed by atoms with van der Waals surface area (Å²) >= 11 is 0. The van der Waals surface area contributed by atoms with Gasteiger partial charge in [0.05, 0.1) is 17.1 Å². The molecule has 3 aromatic rings. The zero-order valence-electron chi connectivity index (χ0n) is 15.6. The first kappa shape index (κ1) is 21.0. The summed E-state index contributed by atoms with van der Waals surface area (Å²) in [6.45, 7) is 1.53. The number of benzene rings is 3. The maximum atomic E-state index is 13.3. The van der Waals surface area contributed by atoms with E-state index in [-0.39, 0.29) is 28.6 Å². The highest BCUT2D eigenvalue weighted by Gasteiger charge is 2.35. The summed E-state index contributed by atoms with van der Waals surface area (Å²) in [6.07, 6.45) is 0.586. The van der Waals surface area contributed by atoms with E-state index in [4.69, 9.17) is 9.05 Å². The molecule has 0 aliphatic rings. The quantitative estimate of drug-likeness (QED) is 0.419. The molecule has 8 heteroatoms. The molecule has 0 fully saturated rings. The minimum Gasteiger partial charge on any atom is -0.427 e. The second-order valence-electron chi connectivity index (χ2n) is 6.12. The fourth-order valence-electron chi connectivity index (χ4n) is 2.46. The molecule has 1 unspecified atom stereocenters. The summed E-state index contributed by atoms with van der Waals surface area (Å²) in [7, 11) is -6.63. The lowest BCUT2D eigenvalue weighted by atomic mass is 10.2. The Morgan fingerprint density at radius 3 is 2.14 bits per heavy atom. The molecule has 0 spiro atoms. The van der Waals surface area contributed by atoms with E-state index in [2.05, 4.69) is 0 Å². The Kier molecular flexibility index (Phi) is 6.64. The number of carbonyl (C=O) groups is 1. The molecule has 0 aromatic heterocycles. The van der Waals surface area contributed by atoms with Crippen LogP contribution in [-0.2, 0) is 16.1 Å². The van der Waals surface area contributed by atoms with Gasteiger partial charge in [-0.25, -0.2) is 8.42 Å². The first-order valence-electron chi connectivity index (χ1n) is 8.66. The average Bonchev–Trinajstić information content (AvgIpc) is 2.74. The number of aliphatic hydroxyl groups is 1. The Morgan fingerprint density at radius 1 is 0.897 bits per heavy atom. The molecule has 1 N–H and O–H groups in total. The van der Waals surface area contributed by atoms with Crippen molar-refractivity contribution >= 4 is 23.3 Å². The van der Waals surface area contributed by atoms with Crippen LogP contribution in [0.25, 0.3) is 0 Å². The molecule has 1 atom stereocenters. The zero-order chi connectivity index (χ0) is 20.9. The average molecular weight is 430 g/mol. The first-order chi connectivity index (χ1) is 14.0. The van der Waals surface area contributed by atoms with Crippen LogP contribution in [0.1, 0.15) is 21.5 Å². The lowest BCUT2D eigenvalue weighted by Crippen LogP contribution is -2.10. The van der Waals surface area contributed by atoms with Gasteiger partial charge in [0, 0.05) is 5.56 Å². The van der Waals surface area contributed by atoms with E-state index in [0.717, 1.165) is 5.56 Å². The van der Waals surface area contributed by atoms with Crippen LogP contribution >= 0.6 is 7.58 Å². The topological polar surface area (TPSA) is 89.9 Å². The van der Waals surface area contributed by atoms with Crippen molar-refractivity contribution in [2.75, 3.05) is 0 Å². The normalized spacial score (nSPS) is 12.2. The highest BCUT2D eigenvalue weighted by molar-refractivity contribution is 8.47. The van der Waals surface area contributed by atoms with Crippen LogP contribution in [-0.4, -0.2) is 19.8 Å². The van der Waals surface area contributed by atoms with Crippen LogP contribution in [0.5, 0.6) is 11.5 Å². The van der Waals surface area contributed by atoms with Crippen LogP contribution < -0.4 is 9.05 Å². The van der Waals surface area contributed by atoms with E-state index in [1.54, 1.807) is 48.5 Å². The van der Waals surface area contributed by atoms with Crippen LogP contribution in [0.2, 0.25) is 0 Å². The summed E-state index contributed by atoms with van der Waals surface area (Å²) in [6, 6.07) is 19.2. The molecule has 6 nitrogen and oxygen atoms in total. The maximum Gasteiger partial charge on any atom is 0.426 e. The summed E-state index contributed by atoms with van der Waals surface area (Å²) in [4.78, 5) is 11.4. The van der Waals surface area contributed by atoms with Crippen molar-refractivity contribution < 1.29 is 27.4 Å². The number of carbonyl (C=O) groups excluding carboxylic acids is 1. The molecular formula is C21H19O6PS. The van der Waals surface area contributed by atoms with Gasteiger partial charge in [0.15, 0.2) is 6.29 Å². The van der Waals surface area contributed by atoms with Gasteiger partial charge in [0.1, 0.15) is 11.5 Å². The molecule has 150 valence electrons. The third-order valence-corrected chi connectivity index (χ3v) is 8.26. The number of aldehydes is 1. The van der Waals surface area contributed by atoms with Gasteiger partial charge in [0.2, 0.25) is 0 Å². The number of aryl methyl sites for hydroxylation is 1. The highest BCUT2D eigenvalue weighted by Crippen LogP contribution is 2.50. The van der Waals surface area contributed by atoms with Crippen LogP contribution in [0, 0.1) is 6.92 Å². The SMILES string of the molecule is Cc1ccc(S(=O)(=O)P(Oc2ccccc2C=O)Oc2ccccc2CO)cc1. The molecular weight excluding hydrogens is 411 g/mol. The van der Waals surface area contributed by atoms with Crippen molar-refractivity contribution in [2.24, 2.45) is 0 Å². The van der Waals surface area contributed by atoms with Crippen molar-refractivity contribution in [3.8, 4) is 11.5 Å². The molecule has 0 aliphatic carbocycles. The minimum atomic E-state index is -4.04. The largest absolute Gasteiger partial charge is 0.427 e. The van der Waals surface area contributed by atoms with Gasteiger partial charge in [-0.2, -0.15) is 0 Å². The van der Waals surface area contributed by atoms with E-state index < -0.39 is 17.0 Å². The minimum absolute atomic E-state index is 0.0410. The molecule has 3 aromatic carbocycles. The van der Waals surface area contributed by atoms with Crippen molar-refractivity contribution in [1.82, 2.24) is 0 Å². The van der Waals surface area contributed by atoms with E-state index in [0.29, 0.717) is 11.8 Å². The molecule has 0 saturated carbocycles. The zero-order valence-corrected chi connectivity index (χ0v) is 17.3. The standard InChI is InChI=1S/C21H19O6PS/c1-16-10-12-19(13-11-16)29(24,25)28(26-20-8-4-2-6-17(20)14-22)27-21-9-5-3-7-18(21)15-23/h2-14,23H,15H2,1H3. The van der Waals surface area contributed by atoms with Gasteiger partial charge >= 0.3 is 7.58 Å². The van der Waals surface area contributed by atoms with Crippen LogP contribution in [0.4, 0.5) is 0 Å². The molecule has 0 saturated heterocycles. The molecule has 0 aliphatic heterocycles. The predicted octanol–water partition coefficient (Wildman–Crippen LogP) is 4.46. The van der Waals surface area contributed by atoms with E-state index in [1.807, 2.05) is 6.92 Å². The number of rotatable bonds is 8. The second kappa shape index (κ2) is 9.18. The first-order valence-corrected chi connectivity index (χ1v) is 11.9. The number of hydrogen-bond donors (Lipinski definition) is 1. The van der Waals surface area contributed by atoms with Gasteiger partial charge in [-0.1, -0.05) is 48.0 Å². The van der Waals surface area contributed by atoms with E-state index in [9.17, 15) is 18.3 Å². The van der Waals surface area contributed by atoms with Crippen molar-refractivity contribution in [3.63, 3.8) is 0 Å². The van der Waals surface area contributed by atoms with Gasteiger partial charge in [-0.3, -0.25) is 4.79 Å². The molecule has 3 rings (SSSR count). The van der Waals surface area contributed by atoms with Crippen molar-refractivity contribution in [1.29, 1.82) is 0 Å². The lowest BCUT2D eigenvalue weighted by molar-refractivity contribution is 0.112. The number of aliphatic hydroxyl groups excluding tert-OH is 1. The van der Waals surface area contributed by atoms with Crippen LogP contribution in [0.3, 0.4) is 0 Å². The Morgan fingerprint density at radius 2 is 1.48 bits per heavy atom. The third-order valence-electron chi connectivity index (χ3n) is 4.05. The second-order valence-corrected chi connectivity index (χ2v) is 10.7.